The molecule has 0 radical (unpaired) electrons. The Balaban J connectivity index is 1.68. The van der Waals surface area contributed by atoms with Gasteiger partial charge in [-0.05, 0) is 102 Å². The molecule has 4 atom stereocenters. The monoisotopic (exact) mass is 531 g/mol. The minimum Gasteiger partial charge on any atom is -0.481 e. The van der Waals surface area contributed by atoms with E-state index in [4.69, 9.17) is 5.11 Å². The van der Waals surface area contributed by atoms with Crippen LogP contribution in [-0.4, -0.2) is 25.5 Å². The number of carboxylic acid groups (broad SMARTS) is 1. The van der Waals surface area contributed by atoms with Crippen LogP contribution >= 0.6 is 22.6 Å². The van der Waals surface area contributed by atoms with E-state index in [0.29, 0.717) is 23.2 Å². The maximum atomic E-state index is 12.9. The number of carbonyl (C=O) groups is 1. The van der Waals surface area contributed by atoms with Crippen molar-refractivity contribution in [1.82, 2.24) is 4.72 Å². The molecule has 2 bridgehead atoms. The Bertz CT molecular complexity index is 863. The summed E-state index contributed by atoms with van der Waals surface area (Å²) in [6.07, 6.45) is 8.61. The van der Waals surface area contributed by atoms with Gasteiger partial charge in [0.15, 0.2) is 0 Å². The Morgan fingerprint density at radius 1 is 1.24 bits per heavy atom. The first-order chi connectivity index (χ1) is 13.6. The van der Waals surface area contributed by atoms with Gasteiger partial charge in [0.05, 0.1) is 4.90 Å². The Morgan fingerprint density at radius 3 is 2.55 bits per heavy atom. The molecule has 0 saturated heterocycles. The van der Waals surface area contributed by atoms with Crippen LogP contribution in [0.15, 0.2) is 41.3 Å². The summed E-state index contributed by atoms with van der Waals surface area (Å²) in [7, 11) is -3.54. The normalized spacial score (nSPS) is 28.2. The maximum Gasteiger partial charge on any atom is 0.303 e. The van der Waals surface area contributed by atoms with Gasteiger partial charge in [0.2, 0.25) is 10.0 Å². The number of aliphatic carboxylic acids is 1. The molecule has 3 fully saturated rings. The molecule has 4 rings (SSSR count). The number of allylic oxidation sites excluding steroid dienone is 2. The smallest absolute Gasteiger partial charge is 0.303 e. The van der Waals surface area contributed by atoms with E-state index in [1.165, 1.54) is 6.42 Å². The summed E-state index contributed by atoms with van der Waals surface area (Å²) >= 11 is 2.17. The van der Waals surface area contributed by atoms with Gasteiger partial charge in [-0.15, -0.1) is 0 Å². The van der Waals surface area contributed by atoms with Gasteiger partial charge in [0.1, 0.15) is 0 Å². The number of hydrogen-bond acceptors (Lipinski definition) is 3. The average molecular weight is 531 g/mol. The predicted octanol–water partition coefficient (Wildman–Crippen LogP) is 4.82. The largest absolute Gasteiger partial charge is 0.481 e. The van der Waals surface area contributed by atoms with E-state index in [-0.39, 0.29) is 23.8 Å². The van der Waals surface area contributed by atoms with Gasteiger partial charge >= 0.3 is 5.97 Å². The van der Waals surface area contributed by atoms with E-state index in [9.17, 15) is 13.2 Å². The number of nitrogens with one attached hydrogen (secondary N) is 1. The van der Waals surface area contributed by atoms with Gasteiger partial charge in [-0.3, -0.25) is 4.79 Å². The molecule has 1 aromatic rings. The second kappa shape index (κ2) is 9.06. The van der Waals surface area contributed by atoms with Crippen LogP contribution in [-0.2, 0) is 14.8 Å². The van der Waals surface area contributed by atoms with E-state index in [1.807, 2.05) is 18.2 Å². The van der Waals surface area contributed by atoms with Gasteiger partial charge in [-0.25, -0.2) is 13.1 Å². The van der Waals surface area contributed by atoms with E-state index in [0.717, 1.165) is 22.8 Å². The molecule has 0 amide bonds. The van der Waals surface area contributed by atoms with Crippen LogP contribution in [0, 0.1) is 26.7 Å². The summed E-state index contributed by atoms with van der Waals surface area (Å²) in [5.74, 6) is 0.574. The number of unbranched alkanes of at least 4 members (excludes halogenated alkanes) is 1. The standard InChI is InChI=1S/C22H30INO4S/c1-22(2)15-13-19(22)18(7-5-3-4-6-8-21(25)26)20(14-15)24-29(27,28)17-11-9-16(23)10-12-17/h3,5,9-12,15,18-20,24H,4,6-8,13-14H2,1-2H3,(H,25,26)/b5-3+/t15-,18+,19+,20+/m1/s1. The third-order valence-electron chi connectivity index (χ3n) is 6.89. The molecular weight excluding hydrogens is 501 g/mol. The fraction of sp³-hybridized carbons (Fsp3) is 0.591. The van der Waals surface area contributed by atoms with Gasteiger partial charge in [-0.2, -0.15) is 0 Å². The second-order valence-electron chi connectivity index (χ2n) is 8.93. The van der Waals surface area contributed by atoms with Crippen LogP contribution in [0.5, 0.6) is 0 Å². The average Bonchev–Trinajstić information content (AvgIpc) is 2.64. The molecule has 0 aromatic heterocycles. The lowest BCUT2D eigenvalue weighted by Crippen LogP contribution is -2.61. The third kappa shape index (κ3) is 5.22. The second-order valence-corrected chi connectivity index (χ2v) is 11.9. The van der Waals surface area contributed by atoms with Crippen molar-refractivity contribution in [3.05, 3.63) is 40.0 Å². The number of fused-ring (bicyclic) bond motifs is 2. The van der Waals surface area contributed by atoms with Crippen LogP contribution in [0.1, 0.15) is 52.4 Å². The number of halogens is 1. The zero-order chi connectivity index (χ0) is 21.2. The molecule has 160 valence electrons. The maximum absolute atomic E-state index is 12.9. The molecule has 29 heavy (non-hydrogen) atoms. The molecule has 0 aliphatic heterocycles. The fourth-order valence-electron chi connectivity index (χ4n) is 5.03. The first kappa shape index (κ1) is 22.7. The molecule has 3 aliphatic rings. The first-order valence-corrected chi connectivity index (χ1v) is 12.8. The van der Waals surface area contributed by atoms with Crippen LogP contribution < -0.4 is 4.72 Å². The molecule has 2 N–H and O–H groups in total. The molecule has 0 unspecified atom stereocenters. The highest BCUT2D eigenvalue weighted by atomic mass is 127. The molecule has 5 nitrogen and oxygen atoms in total. The number of hydrogen-bond donors (Lipinski definition) is 2. The molecule has 0 spiro atoms. The quantitative estimate of drug-likeness (QED) is 0.272. The zero-order valence-corrected chi connectivity index (χ0v) is 19.9. The highest BCUT2D eigenvalue weighted by Crippen LogP contribution is 2.62. The third-order valence-corrected chi connectivity index (χ3v) is 9.11. The predicted molar refractivity (Wildman–Crippen MR) is 122 cm³/mol. The number of benzene rings is 1. The Morgan fingerprint density at radius 2 is 1.93 bits per heavy atom. The number of sulfonamides is 1. The van der Waals surface area contributed by atoms with E-state index in [1.54, 1.807) is 12.1 Å². The lowest BCUT2D eigenvalue weighted by molar-refractivity contribution is -0.137. The summed E-state index contributed by atoms with van der Waals surface area (Å²) in [6, 6.07) is 6.89. The van der Waals surface area contributed by atoms with E-state index < -0.39 is 16.0 Å². The van der Waals surface area contributed by atoms with Gasteiger partial charge in [0.25, 0.3) is 0 Å². The molecule has 1 aromatic carbocycles. The highest BCUT2D eigenvalue weighted by Gasteiger charge is 2.57. The van der Waals surface area contributed by atoms with Crippen molar-refractivity contribution in [2.45, 2.75) is 63.3 Å². The summed E-state index contributed by atoms with van der Waals surface area (Å²) in [5.41, 5.74) is 0.257. The Labute approximate surface area is 187 Å². The number of carboxylic acids is 1. The lowest BCUT2D eigenvalue weighted by Gasteiger charge is -2.62. The van der Waals surface area contributed by atoms with Crippen molar-refractivity contribution in [3.8, 4) is 0 Å². The van der Waals surface area contributed by atoms with Gasteiger partial charge in [-0.1, -0.05) is 26.0 Å². The van der Waals surface area contributed by atoms with Crippen LogP contribution in [0.2, 0.25) is 0 Å². The SMILES string of the molecule is CC1(C)[C@H]2C[C@H](NS(=O)(=O)c3ccc(I)cc3)[C@@H](C/C=C/CCCC(=O)O)[C@@H]1C2. The van der Waals surface area contributed by atoms with Gasteiger partial charge in [0, 0.05) is 16.0 Å². The van der Waals surface area contributed by atoms with Crippen molar-refractivity contribution >= 4 is 38.6 Å². The summed E-state index contributed by atoms with van der Waals surface area (Å²) < 4.78 is 29.9. The minimum absolute atomic E-state index is 0.0558. The topological polar surface area (TPSA) is 83.5 Å². The number of rotatable bonds is 9. The fourth-order valence-corrected chi connectivity index (χ4v) is 6.69. The molecule has 3 saturated carbocycles. The van der Waals surface area contributed by atoms with E-state index >= 15 is 0 Å². The van der Waals surface area contributed by atoms with Crippen molar-refractivity contribution in [3.63, 3.8) is 0 Å². The van der Waals surface area contributed by atoms with Crippen molar-refractivity contribution in [2.24, 2.45) is 23.2 Å². The first-order valence-electron chi connectivity index (χ1n) is 10.3. The van der Waals surface area contributed by atoms with Crippen molar-refractivity contribution in [1.29, 1.82) is 0 Å². The summed E-state index contributed by atoms with van der Waals surface area (Å²) in [6.45, 7) is 4.61. The molecule has 0 heterocycles. The summed E-state index contributed by atoms with van der Waals surface area (Å²) in [4.78, 5) is 10.9. The molecule has 3 aliphatic carbocycles. The molecular formula is C22H30INO4S. The summed E-state index contributed by atoms with van der Waals surface area (Å²) in [5, 5.41) is 8.73. The zero-order valence-electron chi connectivity index (χ0n) is 17.0. The lowest BCUT2D eigenvalue weighted by atomic mass is 9.44. The van der Waals surface area contributed by atoms with Crippen LogP contribution in [0.3, 0.4) is 0 Å². The van der Waals surface area contributed by atoms with Gasteiger partial charge < -0.3 is 5.11 Å². The Hall–Kier alpha value is -0.930. The Kier molecular flexibility index (Phi) is 7.10. The van der Waals surface area contributed by atoms with Crippen molar-refractivity contribution < 1.29 is 18.3 Å². The van der Waals surface area contributed by atoms with Crippen LogP contribution in [0.4, 0.5) is 0 Å². The minimum atomic E-state index is -3.54. The van der Waals surface area contributed by atoms with Crippen LogP contribution in [0.25, 0.3) is 0 Å². The molecule has 7 heteroatoms. The van der Waals surface area contributed by atoms with Crippen molar-refractivity contribution in [2.75, 3.05) is 0 Å². The van der Waals surface area contributed by atoms with E-state index in [2.05, 4.69) is 47.2 Å². The highest BCUT2D eigenvalue weighted by molar-refractivity contribution is 14.1.